The van der Waals surface area contributed by atoms with Gasteiger partial charge in [-0.3, -0.25) is 4.79 Å². The molecular weight excluding hydrogens is 256 g/mol. The highest BCUT2D eigenvalue weighted by Crippen LogP contribution is 2.18. The van der Waals surface area contributed by atoms with Gasteiger partial charge in [-0.15, -0.1) is 0 Å². The molecule has 0 aliphatic heterocycles. The fraction of sp³-hybridized carbons (Fsp3) is 0.333. The number of alkyl carbamates (subject to hydrolysis) is 1. The molecule has 2 rings (SSSR count). The zero-order valence-corrected chi connectivity index (χ0v) is 11.1. The minimum Gasteiger partial charge on any atom is -0.445 e. The summed E-state index contributed by atoms with van der Waals surface area (Å²) >= 11 is 0. The van der Waals surface area contributed by atoms with Gasteiger partial charge in [-0.05, 0) is 18.4 Å². The lowest BCUT2D eigenvalue weighted by Crippen LogP contribution is -2.46. The average molecular weight is 274 g/mol. The minimum atomic E-state index is -0.527. The van der Waals surface area contributed by atoms with Gasteiger partial charge in [0.25, 0.3) is 0 Å². The quantitative estimate of drug-likeness (QED) is 0.820. The number of amides is 2. The maximum absolute atomic E-state index is 11.7. The largest absolute Gasteiger partial charge is 0.445 e. The van der Waals surface area contributed by atoms with Crippen LogP contribution in [0.4, 0.5) is 4.79 Å². The highest BCUT2D eigenvalue weighted by molar-refractivity contribution is 5.79. The predicted molar refractivity (Wildman–Crippen MR) is 74.6 cm³/mol. The zero-order chi connectivity index (χ0) is 14.4. The molecule has 106 valence electrons. The van der Waals surface area contributed by atoms with Crippen LogP contribution in [0.5, 0.6) is 0 Å². The molecule has 0 heterocycles. The molecule has 0 spiro atoms. The molecular formula is C15H18N2O3. The number of primary amides is 1. The first-order chi connectivity index (χ1) is 9.66. The van der Waals surface area contributed by atoms with Crippen LogP contribution in [0.3, 0.4) is 0 Å². The van der Waals surface area contributed by atoms with Gasteiger partial charge in [0, 0.05) is 6.04 Å². The normalized spacial score (nSPS) is 21.2. The number of allylic oxidation sites excluding steroid dienone is 1. The first-order valence-electron chi connectivity index (χ1n) is 6.58. The third kappa shape index (κ3) is 3.85. The van der Waals surface area contributed by atoms with Gasteiger partial charge in [0.05, 0.1) is 5.92 Å². The molecule has 0 radical (unpaired) electrons. The summed E-state index contributed by atoms with van der Waals surface area (Å²) in [7, 11) is 0. The minimum absolute atomic E-state index is 0.205. The highest BCUT2D eigenvalue weighted by Gasteiger charge is 2.28. The van der Waals surface area contributed by atoms with E-state index in [1.165, 1.54) is 0 Å². The fourth-order valence-electron chi connectivity index (χ4n) is 2.20. The number of ether oxygens (including phenoxy) is 1. The van der Waals surface area contributed by atoms with Crippen molar-refractivity contribution in [3.05, 3.63) is 48.0 Å². The van der Waals surface area contributed by atoms with Gasteiger partial charge in [0.15, 0.2) is 0 Å². The summed E-state index contributed by atoms with van der Waals surface area (Å²) in [6.07, 6.45) is 4.46. The molecule has 0 fully saturated rings. The topological polar surface area (TPSA) is 81.4 Å². The molecule has 2 amide bonds. The molecule has 0 saturated heterocycles. The monoisotopic (exact) mass is 274 g/mol. The molecule has 5 nitrogen and oxygen atoms in total. The van der Waals surface area contributed by atoms with Crippen molar-refractivity contribution in [1.29, 1.82) is 0 Å². The molecule has 1 aromatic rings. The Hall–Kier alpha value is -2.30. The van der Waals surface area contributed by atoms with Crippen molar-refractivity contribution in [2.75, 3.05) is 0 Å². The van der Waals surface area contributed by atoms with E-state index in [4.69, 9.17) is 10.5 Å². The second-order valence-corrected chi connectivity index (χ2v) is 4.76. The number of nitrogens with two attached hydrogens (primary N) is 1. The Balaban J connectivity index is 1.84. The average Bonchev–Trinajstić information content (AvgIpc) is 2.46. The van der Waals surface area contributed by atoms with Crippen molar-refractivity contribution in [1.82, 2.24) is 5.32 Å². The smallest absolute Gasteiger partial charge is 0.407 e. The Bertz CT molecular complexity index is 499. The van der Waals surface area contributed by atoms with E-state index in [1.807, 2.05) is 42.5 Å². The third-order valence-electron chi connectivity index (χ3n) is 3.31. The zero-order valence-electron chi connectivity index (χ0n) is 11.1. The molecule has 1 aliphatic carbocycles. The Morgan fingerprint density at radius 2 is 1.90 bits per heavy atom. The molecule has 0 saturated carbocycles. The van der Waals surface area contributed by atoms with E-state index in [9.17, 15) is 9.59 Å². The lowest BCUT2D eigenvalue weighted by Gasteiger charge is -2.26. The summed E-state index contributed by atoms with van der Waals surface area (Å²) in [5.41, 5.74) is 6.25. The molecule has 3 N–H and O–H groups in total. The van der Waals surface area contributed by atoms with Gasteiger partial charge >= 0.3 is 6.09 Å². The molecule has 0 aromatic heterocycles. The number of carbonyl (C=O) groups excluding carboxylic acids is 2. The van der Waals surface area contributed by atoms with Crippen molar-refractivity contribution in [2.45, 2.75) is 25.5 Å². The van der Waals surface area contributed by atoms with Crippen LogP contribution in [-0.4, -0.2) is 18.0 Å². The first kappa shape index (κ1) is 14.1. The highest BCUT2D eigenvalue weighted by atomic mass is 16.5. The van der Waals surface area contributed by atoms with Gasteiger partial charge in [-0.25, -0.2) is 4.79 Å². The number of nitrogens with one attached hydrogen (secondary N) is 1. The summed E-state index contributed by atoms with van der Waals surface area (Å²) in [5, 5.41) is 2.71. The van der Waals surface area contributed by atoms with Gasteiger partial charge in [0.1, 0.15) is 6.61 Å². The van der Waals surface area contributed by atoms with Crippen LogP contribution in [0, 0.1) is 5.92 Å². The molecule has 0 bridgehead atoms. The Morgan fingerprint density at radius 1 is 1.20 bits per heavy atom. The van der Waals surface area contributed by atoms with E-state index < -0.39 is 12.0 Å². The predicted octanol–water partition coefficient (Wildman–Crippen LogP) is 1.73. The maximum atomic E-state index is 11.7. The molecule has 1 aromatic carbocycles. The molecule has 1 aliphatic rings. The SMILES string of the molecule is NC(=O)[C@H]1CC=CC[C@H]1NC(=O)OCc1ccccc1. The second kappa shape index (κ2) is 6.75. The van der Waals surface area contributed by atoms with E-state index in [-0.39, 0.29) is 18.6 Å². The summed E-state index contributed by atoms with van der Waals surface area (Å²) in [6.45, 7) is 0.205. The Kier molecular flexibility index (Phi) is 4.76. The van der Waals surface area contributed by atoms with E-state index in [0.29, 0.717) is 12.8 Å². The number of carbonyl (C=O) groups is 2. The lowest BCUT2D eigenvalue weighted by atomic mass is 9.88. The number of benzene rings is 1. The summed E-state index contributed by atoms with van der Waals surface area (Å²) in [4.78, 5) is 23.1. The van der Waals surface area contributed by atoms with Crippen LogP contribution in [0.2, 0.25) is 0 Å². The van der Waals surface area contributed by atoms with E-state index in [2.05, 4.69) is 5.32 Å². The van der Waals surface area contributed by atoms with Crippen molar-refractivity contribution in [3.63, 3.8) is 0 Å². The summed E-state index contributed by atoms with van der Waals surface area (Å²) in [5.74, 6) is -0.771. The van der Waals surface area contributed by atoms with Crippen molar-refractivity contribution in [3.8, 4) is 0 Å². The van der Waals surface area contributed by atoms with Crippen LogP contribution in [0.15, 0.2) is 42.5 Å². The van der Waals surface area contributed by atoms with Crippen LogP contribution in [0.1, 0.15) is 18.4 Å². The van der Waals surface area contributed by atoms with Crippen LogP contribution in [-0.2, 0) is 16.1 Å². The van der Waals surface area contributed by atoms with Gasteiger partial charge in [-0.1, -0.05) is 42.5 Å². The fourth-order valence-corrected chi connectivity index (χ4v) is 2.20. The molecule has 0 unspecified atom stereocenters. The number of hydrogen-bond donors (Lipinski definition) is 2. The van der Waals surface area contributed by atoms with E-state index >= 15 is 0 Å². The number of rotatable bonds is 4. The number of hydrogen-bond acceptors (Lipinski definition) is 3. The van der Waals surface area contributed by atoms with Crippen LogP contribution in [0.25, 0.3) is 0 Å². The van der Waals surface area contributed by atoms with Crippen molar-refractivity contribution >= 4 is 12.0 Å². The van der Waals surface area contributed by atoms with Crippen LogP contribution >= 0.6 is 0 Å². The maximum Gasteiger partial charge on any atom is 0.407 e. The van der Waals surface area contributed by atoms with Gasteiger partial charge < -0.3 is 15.8 Å². The van der Waals surface area contributed by atoms with Crippen molar-refractivity contribution in [2.24, 2.45) is 11.7 Å². The first-order valence-corrected chi connectivity index (χ1v) is 6.58. The second-order valence-electron chi connectivity index (χ2n) is 4.76. The summed E-state index contributed by atoms with van der Waals surface area (Å²) < 4.78 is 5.13. The molecule has 2 atom stereocenters. The standard InChI is InChI=1S/C15H18N2O3/c16-14(18)12-8-4-5-9-13(12)17-15(19)20-10-11-6-2-1-3-7-11/h1-7,12-13H,8-10H2,(H2,16,18)(H,17,19)/t12-,13+/m0/s1. The third-order valence-corrected chi connectivity index (χ3v) is 3.31. The van der Waals surface area contributed by atoms with Crippen LogP contribution < -0.4 is 11.1 Å². The Morgan fingerprint density at radius 3 is 2.60 bits per heavy atom. The summed E-state index contributed by atoms with van der Waals surface area (Å²) in [6, 6.07) is 9.12. The van der Waals surface area contributed by atoms with Gasteiger partial charge in [-0.2, -0.15) is 0 Å². The Labute approximate surface area is 117 Å². The van der Waals surface area contributed by atoms with E-state index in [1.54, 1.807) is 0 Å². The molecule has 20 heavy (non-hydrogen) atoms. The lowest BCUT2D eigenvalue weighted by molar-refractivity contribution is -0.122. The molecule has 5 heteroatoms. The van der Waals surface area contributed by atoms with Gasteiger partial charge in [0.2, 0.25) is 5.91 Å². The van der Waals surface area contributed by atoms with Crippen molar-refractivity contribution < 1.29 is 14.3 Å². The van der Waals surface area contributed by atoms with E-state index in [0.717, 1.165) is 5.56 Å².